The zero-order valence-corrected chi connectivity index (χ0v) is 20.3. The van der Waals surface area contributed by atoms with E-state index in [1.807, 2.05) is 18.4 Å². The Bertz CT molecular complexity index is 1690. The molecular weight excluding hydrogens is 483 g/mol. The summed E-state index contributed by atoms with van der Waals surface area (Å²) in [6.07, 6.45) is 0. The number of methoxy groups -OCH3 is 1. The molecular formula is C26H21FN4O4S. The predicted octanol–water partition coefficient (Wildman–Crippen LogP) is 4.98. The van der Waals surface area contributed by atoms with Gasteiger partial charge in [0, 0.05) is 41.6 Å². The molecule has 1 aliphatic rings. The quantitative estimate of drug-likeness (QED) is 0.363. The predicted molar refractivity (Wildman–Crippen MR) is 133 cm³/mol. The molecule has 0 spiro atoms. The van der Waals surface area contributed by atoms with Crippen molar-refractivity contribution < 1.29 is 18.4 Å². The molecule has 10 heteroatoms. The van der Waals surface area contributed by atoms with Crippen molar-refractivity contribution in [3.8, 4) is 5.75 Å². The molecule has 8 nitrogen and oxygen atoms in total. The summed E-state index contributed by atoms with van der Waals surface area (Å²) in [6, 6.07) is 10.6. The third kappa shape index (κ3) is 3.84. The van der Waals surface area contributed by atoms with E-state index in [9.17, 15) is 9.18 Å². The van der Waals surface area contributed by atoms with Crippen molar-refractivity contribution in [1.29, 1.82) is 0 Å². The lowest BCUT2D eigenvalue weighted by atomic mass is 9.89. The van der Waals surface area contributed by atoms with E-state index in [2.05, 4.69) is 32.2 Å². The minimum atomic E-state index is -0.642. The molecule has 0 atom stereocenters. The maximum absolute atomic E-state index is 14.1. The number of aromatic nitrogens is 4. The number of imidazole rings is 1. The van der Waals surface area contributed by atoms with Gasteiger partial charge in [0.25, 0.3) is 0 Å². The Morgan fingerprint density at radius 1 is 1.22 bits per heavy atom. The molecule has 0 fully saturated rings. The van der Waals surface area contributed by atoms with E-state index in [4.69, 9.17) is 19.0 Å². The molecule has 5 aromatic rings. The Balaban J connectivity index is 1.48. The molecule has 0 bridgehead atoms. The van der Waals surface area contributed by atoms with Gasteiger partial charge in [-0.1, -0.05) is 17.3 Å². The second-order valence-electron chi connectivity index (χ2n) is 8.55. The SMILES string of the molecule is COCc1nc2cscc2n1Cc1ccc2c(c1)COc1cc(F)ccc1/C2=C(/C)c1noc(=O)[nH]1. The molecule has 6 rings (SSSR count). The zero-order chi connectivity index (χ0) is 24.8. The number of thiophene rings is 1. The van der Waals surface area contributed by atoms with Crippen LogP contribution in [0, 0.1) is 5.82 Å². The van der Waals surface area contributed by atoms with E-state index in [1.54, 1.807) is 24.5 Å². The summed E-state index contributed by atoms with van der Waals surface area (Å²) in [5.74, 6) is 0.555. The smallest absolute Gasteiger partial charge is 0.439 e. The summed E-state index contributed by atoms with van der Waals surface area (Å²) in [5.41, 5.74) is 7.10. The summed E-state index contributed by atoms with van der Waals surface area (Å²) in [7, 11) is 1.66. The third-order valence-electron chi connectivity index (χ3n) is 6.29. The number of halogens is 1. The summed E-state index contributed by atoms with van der Waals surface area (Å²) in [5, 5.41) is 7.98. The number of hydrogen-bond acceptors (Lipinski definition) is 7. The van der Waals surface area contributed by atoms with Gasteiger partial charge in [0.05, 0.1) is 11.0 Å². The number of hydrogen-bond donors (Lipinski definition) is 1. The molecule has 4 heterocycles. The average Bonchev–Trinajstić information content (AvgIpc) is 3.55. The first-order valence-electron chi connectivity index (χ1n) is 11.2. The Morgan fingerprint density at radius 2 is 2.08 bits per heavy atom. The van der Waals surface area contributed by atoms with E-state index < -0.39 is 11.6 Å². The lowest BCUT2D eigenvalue weighted by Crippen LogP contribution is -2.07. The Kier molecular flexibility index (Phi) is 5.54. The minimum absolute atomic E-state index is 0.258. The van der Waals surface area contributed by atoms with E-state index in [0.717, 1.165) is 39.1 Å². The molecule has 3 aromatic heterocycles. The number of aromatic amines is 1. The molecule has 0 radical (unpaired) electrons. The third-order valence-corrected chi connectivity index (χ3v) is 7.01. The van der Waals surface area contributed by atoms with E-state index in [-0.39, 0.29) is 6.61 Å². The van der Waals surface area contributed by atoms with E-state index in [0.29, 0.717) is 35.9 Å². The second kappa shape index (κ2) is 8.89. The van der Waals surface area contributed by atoms with Gasteiger partial charge in [-0.25, -0.2) is 14.2 Å². The fourth-order valence-corrected chi connectivity index (χ4v) is 5.40. The molecule has 0 saturated heterocycles. The van der Waals surface area contributed by atoms with Crippen LogP contribution in [0.5, 0.6) is 5.75 Å². The number of rotatable bonds is 5. The minimum Gasteiger partial charge on any atom is -0.488 e. The molecule has 1 aliphatic heterocycles. The highest BCUT2D eigenvalue weighted by Gasteiger charge is 2.24. The van der Waals surface area contributed by atoms with Gasteiger partial charge in [-0.05, 0) is 47.4 Å². The van der Waals surface area contributed by atoms with Gasteiger partial charge in [0.2, 0.25) is 0 Å². The van der Waals surface area contributed by atoms with Crippen LogP contribution < -0.4 is 10.5 Å². The fraction of sp³-hybridized carbons (Fsp3) is 0.192. The molecule has 0 saturated carbocycles. The van der Waals surface area contributed by atoms with Gasteiger partial charge in [0.1, 0.15) is 30.6 Å². The van der Waals surface area contributed by atoms with Crippen LogP contribution in [0.2, 0.25) is 0 Å². The largest absolute Gasteiger partial charge is 0.488 e. The summed E-state index contributed by atoms with van der Waals surface area (Å²) in [4.78, 5) is 18.9. The second-order valence-corrected chi connectivity index (χ2v) is 9.30. The van der Waals surface area contributed by atoms with Crippen LogP contribution in [-0.2, 0) is 24.5 Å². The van der Waals surface area contributed by atoms with Crippen molar-refractivity contribution >= 4 is 33.5 Å². The van der Waals surface area contributed by atoms with Crippen molar-refractivity contribution in [3.05, 3.63) is 97.4 Å². The van der Waals surface area contributed by atoms with Gasteiger partial charge >= 0.3 is 5.76 Å². The lowest BCUT2D eigenvalue weighted by Gasteiger charge is -2.15. The number of allylic oxidation sites excluding steroid dienone is 1. The van der Waals surface area contributed by atoms with Crippen LogP contribution in [0.3, 0.4) is 0 Å². The molecule has 0 amide bonds. The fourth-order valence-electron chi connectivity index (χ4n) is 4.65. The van der Waals surface area contributed by atoms with Crippen LogP contribution in [-0.4, -0.2) is 26.8 Å². The van der Waals surface area contributed by atoms with Gasteiger partial charge < -0.3 is 14.0 Å². The maximum Gasteiger partial charge on any atom is 0.439 e. The highest BCUT2D eigenvalue weighted by Crippen LogP contribution is 2.41. The van der Waals surface area contributed by atoms with Crippen molar-refractivity contribution in [3.63, 3.8) is 0 Å². The van der Waals surface area contributed by atoms with Gasteiger partial charge in [0.15, 0.2) is 5.82 Å². The standard InChI is InChI=1S/C26H21FN4O4S/c1-14(25-29-26(32)35-30-25)24-18-5-3-15(7-16(18)10-34-22-8-17(27)4-6-19(22)24)9-31-21-13-36-12-20(21)28-23(31)11-33-2/h3-8,12-13H,9-11H2,1-2H3,(H,29,30,32)/b24-14-. The highest BCUT2D eigenvalue weighted by atomic mass is 32.1. The van der Waals surface area contributed by atoms with E-state index in [1.165, 1.54) is 12.1 Å². The molecule has 0 unspecified atom stereocenters. The number of nitrogens with one attached hydrogen (secondary N) is 1. The molecule has 182 valence electrons. The normalized spacial score (nSPS) is 14.3. The molecule has 2 aromatic carbocycles. The first kappa shape index (κ1) is 22.4. The summed E-state index contributed by atoms with van der Waals surface area (Å²) in [6.45, 7) is 3.12. The highest BCUT2D eigenvalue weighted by molar-refractivity contribution is 7.09. The van der Waals surface area contributed by atoms with Gasteiger partial charge in [-0.2, -0.15) is 0 Å². The van der Waals surface area contributed by atoms with Crippen molar-refractivity contribution in [2.75, 3.05) is 7.11 Å². The van der Waals surface area contributed by atoms with Crippen LogP contribution in [0.15, 0.2) is 56.5 Å². The van der Waals surface area contributed by atoms with Crippen molar-refractivity contribution in [2.45, 2.75) is 26.7 Å². The first-order chi connectivity index (χ1) is 17.5. The number of nitrogens with zero attached hydrogens (tertiary/aromatic N) is 3. The van der Waals surface area contributed by atoms with Crippen LogP contribution >= 0.6 is 11.3 Å². The molecule has 0 aliphatic carbocycles. The van der Waals surface area contributed by atoms with Crippen LogP contribution in [0.25, 0.3) is 22.2 Å². The zero-order valence-electron chi connectivity index (χ0n) is 19.5. The molecule has 36 heavy (non-hydrogen) atoms. The van der Waals surface area contributed by atoms with Crippen molar-refractivity contribution in [1.82, 2.24) is 19.7 Å². The lowest BCUT2D eigenvalue weighted by molar-refractivity contribution is 0.175. The average molecular weight is 505 g/mol. The van der Waals surface area contributed by atoms with Gasteiger partial charge in [-0.3, -0.25) is 9.51 Å². The first-order valence-corrected chi connectivity index (χ1v) is 12.2. The topological polar surface area (TPSA) is 95.2 Å². The number of H-pyrrole nitrogens is 1. The van der Waals surface area contributed by atoms with Crippen LogP contribution in [0.4, 0.5) is 4.39 Å². The Hall–Kier alpha value is -4.02. The van der Waals surface area contributed by atoms with Crippen molar-refractivity contribution in [2.24, 2.45) is 0 Å². The molecule has 1 N–H and O–H groups in total. The summed E-state index contributed by atoms with van der Waals surface area (Å²) >= 11 is 1.61. The number of benzene rings is 2. The maximum atomic E-state index is 14.1. The number of fused-ring (bicyclic) bond motifs is 3. The Labute approximate surface area is 208 Å². The Morgan fingerprint density at radius 3 is 2.89 bits per heavy atom. The summed E-state index contributed by atoms with van der Waals surface area (Å²) < 4.78 is 32.4. The van der Waals surface area contributed by atoms with Crippen LogP contribution in [0.1, 0.15) is 40.8 Å². The monoisotopic (exact) mass is 504 g/mol. The van der Waals surface area contributed by atoms with Gasteiger partial charge in [-0.15, -0.1) is 11.3 Å². The van der Waals surface area contributed by atoms with E-state index >= 15 is 0 Å². The number of ether oxygens (including phenoxy) is 2.